The average molecular weight is 311 g/mol. The topological polar surface area (TPSA) is 62.4 Å². The summed E-state index contributed by atoms with van der Waals surface area (Å²) in [5.74, 6) is 1.34. The van der Waals surface area contributed by atoms with Gasteiger partial charge in [0.1, 0.15) is 5.60 Å². The number of amides is 1. The number of ether oxygens (including phenoxy) is 1. The van der Waals surface area contributed by atoms with Crippen LogP contribution in [0.15, 0.2) is 0 Å². The molecule has 1 heterocycles. The predicted octanol–water partition coefficient (Wildman–Crippen LogP) is 2.27. The number of hydrogen-bond acceptors (Lipinski definition) is 4. The van der Waals surface area contributed by atoms with Gasteiger partial charge in [0.05, 0.1) is 0 Å². The number of carbonyl (C=O) groups is 1. The molecule has 0 aromatic heterocycles. The van der Waals surface area contributed by atoms with Crippen LogP contribution in [0, 0.1) is 11.8 Å². The summed E-state index contributed by atoms with van der Waals surface area (Å²) in [4.78, 5) is 11.8. The molecule has 22 heavy (non-hydrogen) atoms. The molecule has 1 aliphatic carbocycles. The lowest BCUT2D eigenvalue weighted by Gasteiger charge is -2.27. The fourth-order valence-corrected chi connectivity index (χ4v) is 3.48. The Morgan fingerprint density at radius 2 is 1.86 bits per heavy atom. The standard InChI is InChI=1S/C17H33N3O2/c1-17(2,3)22-16(21)20-12-14-5-4-6-15(14)19-11-13-7-9-18-10-8-13/h13-15,18-19H,4-12H2,1-3H3,(H,20,21). The van der Waals surface area contributed by atoms with Crippen LogP contribution >= 0.6 is 0 Å². The molecule has 2 aliphatic rings. The molecule has 128 valence electrons. The Morgan fingerprint density at radius 3 is 2.55 bits per heavy atom. The summed E-state index contributed by atoms with van der Waals surface area (Å²) in [6.07, 6.45) is 5.94. The third-order valence-electron chi connectivity index (χ3n) is 4.69. The Balaban J connectivity index is 1.67. The first kappa shape index (κ1) is 17.5. The van der Waals surface area contributed by atoms with Crippen molar-refractivity contribution in [2.45, 2.75) is 64.5 Å². The first-order valence-corrected chi connectivity index (χ1v) is 8.85. The van der Waals surface area contributed by atoms with Crippen LogP contribution in [0.5, 0.6) is 0 Å². The van der Waals surface area contributed by atoms with Crippen molar-refractivity contribution in [2.24, 2.45) is 11.8 Å². The Kier molecular flexibility index (Phi) is 6.50. The third kappa shape index (κ3) is 6.13. The molecule has 1 aliphatic heterocycles. The van der Waals surface area contributed by atoms with Crippen LogP contribution in [-0.4, -0.2) is 43.9 Å². The van der Waals surface area contributed by atoms with E-state index >= 15 is 0 Å². The maximum atomic E-state index is 11.8. The van der Waals surface area contributed by atoms with Gasteiger partial charge in [0.2, 0.25) is 0 Å². The van der Waals surface area contributed by atoms with Crippen LogP contribution in [0.3, 0.4) is 0 Å². The van der Waals surface area contributed by atoms with Crippen molar-refractivity contribution in [2.75, 3.05) is 26.2 Å². The second-order valence-electron chi connectivity index (χ2n) is 7.78. The molecule has 0 aromatic carbocycles. The Hall–Kier alpha value is -0.810. The highest BCUT2D eigenvalue weighted by Gasteiger charge is 2.28. The number of hydrogen-bond donors (Lipinski definition) is 3. The van der Waals surface area contributed by atoms with E-state index < -0.39 is 5.60 Å². The van der Waals surface area contributed by atoms with Crippen molar-refractivity contribution in [3.05, 3.63) is 0 Å². The zero-order chi connectivity index (χ0) is 16.0. The summed E-state index contributed by atoms with van der Waals surface area (Å²) in [5.41, 5.74) is -0.424. The van der Waals surface area contributed by atoms with Gasteiger partial charge in [-0.3, -0.25) is 0 Å². The van der Waals surface area contributed by atoms with Crippen LogP contribution in [-0.2, 0) is 4.74 Å². The summed E-state index contributed by atoms with van der Waals surface area (Å²) in [7, 11) is 0. The smallest absolute Gasteiger partial charge is 0.407 e. The molecule has 1 saturated carbocycles. The van der Waals surface area contributed by atoms with Crippen LogP contribution in [0.4, 0.5) is 4.79 Å². The van der Waals surface area contributed by atoms with Crippen LogP contribution < -0.4 is 16.0 Å². The molecule has 5 nitrogen and oxygen atoms in total. The van der Waals surface area contributed by atoms with Crippen molar-refractivity contribution >= 4 is 6.09 Å². The third-order valence-corrected chi connectivity index (χ3v) is 4.69. The monoisotopic (exact) mass is 311 g/mol. The number of nitrogens with one attached hydrogen (secondary N) is 3. The quantitative estimate of drug-likeness (QED) is 0.729. The van der Waals surface area contributed by atoms with E-state index in [0.29, 0.717) is 12.0 Å². The summed E-state index contributed by atoms with van der Waals surface area (Å²) in [5, 5.41) is 10.1. The molecule has 0 bridgehead atoms. The molecule has 2 rings (SSSR count). The Bertz CT molecular complexity index is 348. The largest absolute Gasteiger partial charge is 0.444 e. The lowest BCUT2D eigenvalue weighted by atomic mass is 9.96. The molecule has 2 unspecified atom stereocenters. The van der Waals surface area contributed by atoms with E-state index in [1.54, 1.807) is 0 Å². The molecule has 1 saturated heterocycles. The summed E-state index contributed by atoms with van der Waals surface area (Å²) < 4.78 is 5.31. The summed E-state index contributed by atoms with van der Waals surface area (Å²) >= 11 is 0. The van der Waals surface area contributed by atoms with Crippen molar-refractivity contribution in [1.29, 1.82) is 0 Å². The SMILES string of the molecule is CC(C)(C)OC(=O)NCC1CCCC1NCC1CCNCC1. The van der Waals surface area contributed by atoms with Crippen molar-refractivity contribution < 1.29 is 9.53 Å². The number of carbonyl (C=O) groups excluding carboxylic acids is 1. The normalized spacial score (nSPS) is 26.9. The predicted molar refractivity (Wildman–Crippen MR) is 89.0 cm³/mol. The number of alkyl carbamates (subject to hydrolysis) is 1. The van der Waals surface area contributed by atoms with Crippen LogP contribution in [0.25, 0.3) is 0 Å². The van der Waals surface area contributed by atoms with Crippen molar-refractivity contribution in [3.8, 4) is 0 Å². The summed E-state index contributed by atoms with van der Waals surface area (Å²) in [6.45, 7) is 9.83. The molecule has 5 heteroatoms. The van der Waals surface area contributed by atoms with Crippen LogP contribution in [0.2, 0.25) is 0 Å². The maximum Gasteiger partial charge on any atom is 0.407 e. The molecule has 1 amide bonds. The lowest BCUT2D eigenvalue weighted by Crippen LogP contribution is -2.43. The minimum Gasteiger partial charge on any atom is -0.444 e. The van der Waals surface area contributed by atoms with Crippen LogP contribution in [0.1, 0.15) is 52.9 Å². The van der Waals surface area contributed by atoms with Gasteiger partial charge < -0.3 is 20.7 Å². The second-order valence-corrected chi connectivity index (χ2v) is 7.78. The number of rotatable bonds is 5. The molecule has 0 spiro atoms. The second kappa shape index (κ2) is 8.16. The minimum atomic E-state index is -0.424. The summed E-state index contributed by atoms with van der Waals surface area (Å²) in [6, 6.07) is 0.546. The van der Waals surface area contributed by atoms with E-state index in [1.165, 1.54) is 32.1 Å². The van der Waals surface area contributed by atoms with Crippen molar-refractivity contribution in [1.82, 2.24) is 16.0 Å². The van der Waals surface area contributed by atoms with Gasteiger partial charge in [-0.1, -0.05) is 6.42 Å². The lowest BCUT2D eigenvalue weighted by molar-refractivity contribution is 0.0517. The molecule has 3 N–H and O–H groups in total. The highest BCUT2D eigenvalue weighted by atomic mass is 16.6. The molecular formula is C17H33N3O2. The fourth-order valence-electron chi connectivity index (χ4n) is 3.48. The molecule has 0 radical (unpaired) electrons. The van der Waals surface area contributed by atoms with E-state index in [1.807, 2.05) is 20.8 Å². The van der Waals surface area contributed by atoms with Gasteiger partial charge in [0.15, 0.2) is 0 Å². The first-order chi connectivity index (χ1) is 10.4. The van der Waals surface area contributed by atoms with Gasteiger partial charge >= 0.3 is 6.09 Å². The zero-order valence-electron chi connectivity index (χ0n) is 14.4. The van der Waals surface area contributed by atoms with Crippen molar-refractivity contribution in [3.63, 3.8) is 0 Å². The minimum absolute atomic E-state index is 0.295. The zero-order valence-corrected chi connectivity index (χ0v) is 14.4. The fraction of sp³-hybridized carbons (Fsp3) is 0.941. The van der Waals surface area contributed by atoms with Gasteiger partial charge in [0, 0.05) is 12.6 Å². The number of piperidine rings is 1. The highest BCUT2D eigenvalue weighted by molar-refractivity contribution is 5.67. The highest BCUT2D eigenvalue weighted by Crippen LogP contribution is 2.25. The molecule has 2 atom stereocenters. The van der Waals surface area contributed by atoms with E-state index in [0.717, 1.165) is 32.1 Å². The van der Waals surface area contributed by atoms with E-state index in [-0.39, 0.29) is 6.09 Å². The van der Waals surface area contributed by atoms with Gasteiger partial charge in [-0.2, -0.15) is 0 Å². The molecule has 2 fully saturated rings. The van der Waals surface area contributed by atoms with Gasteiger partial charge in [-0.25, -0.2) is 4.79 Å². The van der Waals surface area contributed by atoms with Gasteiger partial charge in [-0.15, -0.1) is 0 Å². The Labute approximate surface area is 134 Å². The van der Waals surface area contributed by atoms with E-state index in [2.05, 4.69) is 16.0 Å². The van der Waals surface area contributed by atoms with E-state index in [4.69, 9.17) is 4.74 Å². The van der Waals surface area contributed by atoms with Gasteiger partial charge in [0.25, 0.3) is 0 Å². The average Bonchev–Trinajstić information content (AvgIpc) is 2.90. The Morgan fingerprint density at radius 1 is 1.14 bits per heavy atom. The molecular weight excluding hydrogens is 278 g/mol. The van der Waals surface area contributed by atoms with Gasteiger partial charge in [-0.05, 0) is 77.9 Å². The molecule has 0 aromatic rings. The van der Waals surface area contributed by atoms with E-state index in [9.17, 15) is 4.79 Å². The maximum absolute atomic E-state index is 11.8. The first-order valence-electron chi connectivity index (χ1n) is 8.85.